The fraction of sp³-hybridized carbons (Fsp3) is 0.400. The van der Waals surface area contributed by atoms with Crippen LogP contribution in [0.1, 0.15) is 28.1 Å². The summed E-state index contributed by atoms with van der Waals surface area (Å²) < 4.78 is 1.04. The molecular weight excluding hydrogens is 272 g/mol. The Bertz CT molecular complexity index is 638. The SMILES string of the molecule is NC1CCCN(Cc2c(C(=O)O)sc3ccccc23)C1. The number of carboxylic acids is 1. The molecule has 1 aliphatic rings. The van der Waals surface area contributed by atoms with E-state index in [1.807, 2.05) is 24.3 Å². The Hall–Kier alpha value is -1.43. The van der Waals surface area contributed by atoms with E-state index in [0.717, 1.165) is 41.6 Å². The molecule has 1 aliphatic heterocycles. The summed E-state index contributed by atoms with van der Waals surface area (Å²) in [6.45, 7) is 2.53. The van der Waals surface area contributed by atoms with Crippen LogP contribution in [0.4, 0.5) is 0 Å². The molecule has 1 atom stereocenters. The Balaban J connectivity index is 1.96. The third kappa shape index (κ3) is 2.57. The van der Waals surface area contributed by atoms with Gasteiger partial charge in [-0.1, -0.05) is 18.2 Å². The molecule has 4 nitrogen and oxygen atoms in total. The Morgan fingerprint density at radius 1 is 1.45 bits per heavy atom. The van der Waals surface area contributed by atoms with Crippen molar-refractivity contribution >= 4 is 27.4 Å². The van der Waals surface area contributed by atoms with Gasteiger partial charge in [-0.25, -0.2) is 4.79 Å². The minimum atomic E-state index is -0.831. The van der Waals surface area contributed by atoms with E-state index in [2.05, 4.69) is 4.90 Å². The third-order valence-corrected chi connectivity index (χ3v) is 5.02. The molecule has 0 amide bonds. The second kappa shape index (κ2) is 5.52. The second-order valence-corrected chi connectivity index (χ2v) is 6.40. The van der Waals surface area contributed by atoms with Crippen LogP contribution in [0.25, 0.3) is 10.1 Å². The lowest BCUT2D eigenvalue weighted by Crippen LogP contribution is -2.42. The summed E-state index contributed by atoms with van der Waals surface area (Å²) in [4.78, 5) is 14.2. The van der Waals surface area contributed by atoms with Crippen molar-refractivity contribution in [2.75, 3.05) is 13.1 Å². The maximum atomic E-state index is 11.5. The lowest BCUT2D eigenvalue weighted by molar-refractivity contribution is 0.0699. The topological polar surface area (TPSA) is 66.6 Å². The molecule has 1 fully saturated rings. The van der Waals surface area contributed by atoms with Crippen molar-refractivity contribution in [1.82, 2.24) is 4.90 Å². The van der Waals surface area contributed by atoms with Gasteiger partial charge in [-0.15, -0.1) is 11.3 Å². The summed E-state index contributed by atoms with van der Waals surface area (Å²) in [5, 5.41) is 10.5. The summed E-state index contributed by atoms with van der Waals surface area (Å²) in [6, 6.07) is 8.12. The molecule has 1 aromatic heterocycles. The molecule has 0 saturated carbocycles. The summed E-state index contributed by atoms with van der Waals surface area (Å²) in [5.74, 6) is -0.831. The number of nitrogens with zero attached hydrogens (tertiary/aromatic N) is 1. The van der Waals surface area contributed by atoms with Crippen molar-refractivity contribution in [3.8, 4) is 0 Å². The van der Waals surface area contributed by atoms with Gasteiger partial charge in [0, 0.05) is 23.8 Å². The normalized spacial score (nSPS) is 20.4. The molecule has 20 heavy (non-hydrogen) atoms. The predicted molar refractivity (Wildman–Crippen MR) is 81.3 cm³/mol. The fourth-order valence-corrected chi connectivity index (χ4v) is 3.94. The Morgan fingerprint density at radius 3 is 3.00 bits per heavy atom. The van der Waals surface area contributed by atoms with Crippen LogP contribution >= 0.6 is 11.3 Å². The number of fused-ring (bicyclic) bond motifs is 1. The molecule has 2 heterocycles. The molecule has 1 aromatic carbocycles. The van der Waals surface area contributed by atoms with Crippen LogP contribution in [0, 0.1) is 0 Å². The van der Waals surface area contributed by atoms with Gasteiger partial charge in [0.1, 0.15) is 4.88 Å². The highest BCUT2D eigenvalue weighted by molar-refractivity contribution is 7.21. The van der Waals surface area contributed by atoms with Gasteiger partial charge in [-0.2, -0.15) is 0 Å². The van der Waals surface area contributed by atoms with Gasteiger partial charge in [-0.05, 0) is 36.4 Å². The zero-order valence-corrected chi connectivity index (χ0v) is 12.0. The second-order valence-electron chi connectivity index (χ2n) is 5.35. The van der Waals surface area contributed by atoms with Gasteiger partial charge in [0.05, 0.1) is 0 Å². The number of thiophene rings is 1. The molecule has 3 rings (SSSR count). The Morgan fingerprint density at radius 2 is 2.25 bits per heavy atom. The van der Waals surface area contributed by atoms with E-state index in [-0.39, 0.29) is 6.04 Å². The van der Waals surface area contributed by atoms with E-state index < -0.39 is 5.97 Å². The zero-order chi connectivity index (χ0) is 14.1. The van der Waals surface area contributed by atoms with E-state index in [4.69, 9.17) is 5.73 Å². The maximum Gasteiger partial charge on any atom is 0.346 e. The molecule has 0 bridgehead atoms. The minimum Gasteiger partial charge on any atom is -0.477 e. The standard InChI is InChI=1S/C15H18N2O2S/c16-10-4-3-7-17(8-10)9-12-11-5-1-2-6-13(11)20-14(12)15(18)19/h1-2,5-6,10H,3-4,7-9,16H2,(H,18,19). The van der Waals surface area contributed by atoms with Gasteiger partial charge in [-0.3, -0.25) is 4.90 Å². The van der Waals surface area contributed by atoms with Crippen molar-refractivity contribution in [2.24, 2.45) is 5.73 Å². The Kier molecular flexibility index (Phi) is 3.74. The highest BCUT2D eigenvalue weighted by Gasteiger charge is 2.22. The molecule has 0 aliphatic carbocycles. The molecule has 0 spiro atoms. The number of benzene rings is 1. The minimum absolute atomic E-state index is 0.210. The zero-order valence-electron chi connectivity index (χ0n) is 11.2. The van der Waals surface area contributed by atoms with Crippen LogP contribution in [0.2, 0.25) is 0 Å². The summed E-state index contributed by atoms with van der Waals surface area (Å²) in [7, 11) is 0. The molecule has 3 N–H and O–H groups in total. The summed E-state index contributed by atoms with van der Waals surface area (Å²) in [6.07, 6.45) is 2.15. The van der Waals surface area contributed by atoms with Gasteiger partial charge < -0.3 is 10.8 Å². The predicted octanol–water partition coefficient (Wildman–Crippen LogP) is 2.52. The molecule has 1 unspecified atom stereocenters. The lowest BCUT2D eigenvalue weighted by atomic mass is 10.0. The number of rotatable bonds is 3. The van der Waals surface area contributed by atoms with Gasteiger partial charge in [0.2, 0.25) is 0 Å². The van der Waals surface area contributed by atoms with Crippen molar-refractivity contribution in [1.29, 1.82) is 0 Å². The van der Waals surface area contributed by atoms with Gasteiger partial charge in [0.25, 0.3) is 0 Å². The number of piperidine rings is 1. The lowest BCUT2D eigenvalue weighted by Gasteiger charge is -2.30. The number of aromatic carboxylic acids is 1. The van der Waals surface area contributed by atoms with Crippen molar-refractivity contribution in [3.63, 3.8) is 0 Å². The number of carbonyl (C=O) groups is 1. The molecule has 5 heteroatoms. The summed E-state index contributed by atoms with van der Waals surface area (Å²) in [5.41, 5.74) is 6.95. The molecule has 1 saturated heterocycles. The van der Waals surface area contributed by atoms with Gasteiger partial charge >= 0.3 is 5.97 Å². The van der Waals surface area contributed by atoms with E-state index in [9.17, 15) is 9.90 Å². The molecule has 106 valence electrons. The average molecular weight is 290 g/mol. The summed E-state index contributed by atoms with van der Waals surface area (Å²) >= 11 is 1.36. The first kappa shape index (κ1) is 13.5. The largest absolute Gasteiger partial charge is 0.477 e. The van der Waals surface area contributed by atoms with Gasteiger partial charge in [0.15, 0.2) is 0 Å². The number of hydrogen-bond acceptors (Lipinski definition) is 4. The molecule has 2 aromatic rings. The maximum absolute atomic E-state index is 11.5. The number of likely N-dealkylation sites (tertiary alicyclic amines) is 1. The number of carboxylic acid groups (broad SMARTS) is 1. The van der Waals surface area contributed by atoms with Crippen LogP contribution in [0.15, 0.2) is 24.3 Å². The van der Waals surface area contributed by atoms with Crippen LogP contribution in [0.3, 0.4) is 0 Å². The first-order valence-electron chi connectivity index (χ1n) is 6.87. The average Bonchev–Trinajstić information content (AvgIpc) is 2.78. The smallest absolute Gasteiger partial charge is 0.346 e. The van der Waals surface area contributed by atoms with E-state index in [0.29, 0.717) is 11.4 Å². The molecule has 0 radical (unpaired) electrons. The highest BCUT2D eigenvalue weighted by atomic mass is 32.1. The van der Waals surface area contributed by atoms with E-state index in [1.54, 1.807) is 0 Å². The number of hydrogen-bond donors (Lipinski definition) is 2. The quantitative estimate of drug-likeness (QED) is 0.911. The fourth-order valence-electron chi connectivity index (χ4n) is 2.89. The monoisotopic (exact) mass is 290 g/mol. The highest BCUT2D eigenvalue weighted by Crippen LogP contribution is 2.32. The van der Waals surface area contributed by atoms with E-state index >= 15 is 0 Å². The van der Waals surface area contributed by atoms with E-state index in [1.165, 1.54) is 11.3 Å². The van der Waals surface area contributed by atoms with Crippen molar-refractivity contribution < 1.29 is 9.90 Å². The number of nitrogens with two attached hydrogens (primary N) is 1. The van der Waals surface area contributed by atoms with Crippen LogP contribution in [-0.2, 0) is 6.54 Å². The van der Waals surface area contributed by atoms with Crippen molar-refractivity contribution in [2.45, 2.75) is 25.4 Å². The first-order valence-corrected chi connectivity index (χ1v) is 7.68. The van der Waals surface area contributed by atoms with Crippen LogP contribution in [0.5, 0.6) is 0 Å². The van der Waals surface area contributed by atoms with Crippen LogP contribution < -0.4 is 5.73 Å². The van der Waals surface area contributed by atoms with Crippen LogP contribution in [-0.4, -0.2) is 35.1 Å². The molecular formula is C15H18N2O2S. The Labute approximate surface area is 121 Å². The third-order valence-electron chi connectivity index (χ3n) is 3.82. The first-order chi connectivity index (χ1) is 9.65. The van der Waals surface area contributed by atoms with Crippen molar-refractivity contribution in [3.05, 3.63) is 34.7 Å².